The van der Waals surface area contributed by atoms with Crippen molar-refractivity contribution in [2.75, 3.05) is 13.2 Å². The standard InChI is InChI=1S/C18H21N3O4/c1-13-12-21(14-5-3-2-4-6-14)20-16(13)17(24)19-18(11-15(22)23)7-9-25-10-8-18/h2-6,12H,7-11H2,1H3,(H,19,24)(H,22,23). The van der Waals surface area contributed by atoms with Crippen LogP contribution in [0, 0.1) is 6.92 Å². The predicted molar refractivity (Wildman–Crippen MR) is 90.8 cm³/mol. The number of benzene rings is 1. The summed E-state index contributed by atoms with van der Waals surface area (Å²) < 4.78 is 6.97. The first-order valence-corrected chi connectivity index (χ1v) is 8.23. The van der Waals surface area contributed by atoms with E-state index in [0.29, 0.717) is 31.7 Å². The zero-order chi connectivity index (χ0) is 17.9. The molecule has 0 aliphatic carbocycles. The SMILES string of the molecule is Cc1cn(-c2ccccc2)nc1C(=O)NC1(CC(=O)O)CCOCC1. The van der Waals surface area contributed by atoms with Crippen LogP contribution in [-0.4, -0.2) is 45.5 Å². The quantitative estimate of drug-likeness (QED) is 0.865. The largest absolute Gasteiger partial charge is 0.481 e. The lowest BCUT2D eigenvalue weighted by Gasteiger charge is -2.36. The number of aliphatic carboxylic acids is 1. The van der Waals surface area contributed by atoms with Crippen molar-refractivity contribution in [2.24, 2.45) is 0 Å². The molecule has 25 heavy (non-hydrogen) atoms. The van der Waals surface area contributed by atoms with E-state index in [1.54, 1.807) is 10.9 Å². The van der Waals surface area contributed by atoms with E-state index in [4.69, 9.17) is 4.74 Å². The number of carboxylic acids is 1. The number of hydrogen-bond acceptors (Lipinski definition) is 4. The van der Waals surface area contributed by atoms with Gasteiger partial charge in [-0.25, -0.2) is 4.68 Å². The van der Waals surface area contributed by atoms with Crippen molar-refractivity contribution in [2.45, 2.75) is 31.7 Å². The molecule has 132 valence electrons. The molecule has 7 nitrogen and oxygen atoms in total. The van der Waals surface area contributed by atoms with Gasteiger partial charge in [0.2, 0.25) is 0 Å². The number of carbonyl (C=O) groups is 2. The fraction of sp³-hybridized carbons (Fsp3) is 0.389. The zero-order valence-corrected chi connectivity index (χ0v) is 14.1. The van der Waals surface area contributed by atoms with E-state index in [2.05, 4.69) is 10.4 Å². The highest BCUT2D eigenvalue weighted by Crippen LogP contribution is 2.25. The van der Waals surface area contributed by atoms with E-state index in [0.717, 1.165) is 11.3 Å². The lowest BCUT2D eigenvalue weighted by molar-refractivity contribution is -0.139. The Morgan fingerprint density at radius 1 is 1.28 bits per heavy atom. The van der Waals surface area contributed by atoms with E-state index in [-0.39, 0.29) is 12.3 Å². The minimum atomic E-state index is -0.936. The third kappa shape index (κ3) is 3.88. The summed E-state index contributed by atoms with van der Waals surface area (Å²) in [5.74, 6) is -1.29. The number of nitrogens with zero attached hydrogens (tertiary/aromatic N) is 2. The maximum Gasteiger partial charge on any atom is 0.305 e. The number of ether oxygens (including phenoxy) is 1. The molecule has 1 aromatic carbocycles. The smallest absolute Gasteiger partial charge is 0.305 e. The maximum atomic E-state index is 12.7. The Labute approximate surface area is 145 Å². The summed E-state index contributed by atoms with van der Waals surface area (Å²) in [5, 5.41) is 16.5. The zero-order valence-electron chi connectivity index (χ0n) is 14.1. The number of hydrogen-bond donors (Lipinski definition) is 2. The third-order valence-electron chi connectivity index (χ3n) is 4.45. The second-order valence-electron chi connectivity index (χ2n) is 6.36. The van der Waals surface area contributed by atoms with Crippen LogP contribution in [0.25, 0.3) is 5.69 Å². The summed E-state index contributed by atoms with van der Waals surface area (Å²) in [6.45, 7) is 2.69. The van der Waals surface area contributed by atoms with Gasteiger partial charge < -0.3 is 15.2 Å². The number of aryl methyl sites for hydroxylation is 1. The minimum absolute atomic E-state index is 0.124. The number of aromatic nitrogens is 2. The van der Waals surface area contributed by atoms with Crippen LogP contribution in [0.3, 0.4) is 0 Å². The van der Waals surface area contributed by atoms with Gasteiger partial charge >= 0.3 is 5.97 Å². The Morgan fingerprint density at radius 3 is 2.60 bits per heavy atom. The van der Waals surface area contributed by atoms with Crippen molar-refractivity contribution < 1.29 is 19.4 Å². The number of amides is 1. The van der Waals surface area contributed by atoms with Crippen LogP contribution >= 0.6 is 0 Å². The number of carboxylic acid groups (broad SMARTS) is 1. The minimum Gasteiger partial charge on any atom is -0.481 e. The van der Waals surface area contributed by atoms with Gasteiger partial charge in [-0.05, 0) is 31.9 Å². The number of carbonyl (C=O) groups excluding carboxylic acids is 1. The average molecular weight is 343 g/mol. The highest BCUT2D eigenvalue weighted by atomic mass is 16.5. The molecule has 1 amide bonds. The van der Waals surface area contributed by atoms with Crippen molar-refractivity contribution in [3.8, 4) is 5.69 Å². The molecule has 7 heteroatoms. The first-order valence-electron chi connectivity index (χ1n) is 8.23. The summed E-state index contributed by atoms with van der Waals surface area (Å²) in [7, 11) is 0. The Bertz CT molecular complexity index is 764. The van der Waals surface area contributed by atoms with Crippen LogP contribution in [-0.2, 0) is 9.53 Å². The summed E-state index contributed by atoms with van der Waals surface area (Å²) >= 11 is 0. The lowest BCUT2D eigenvalue weighted by Crippen LogP contribution is -2.53. The van der Waals surface area contributed by atoms with Crippen LogP contribution in [0.5, 0.6) is 0 Å². The van der Waals surface area contributed by atoms with Crippen LogP contribution in [0.4, 0.5) is 0 Å². The molecule has 0 spiro atoms. The Balaban J connectivity index is 1.82. The van der Waals surface area contributed by atoms with Gasteiger partial charge in [0.25, 0.3) is 5.91 Å². The second-order valence-corrected chi connectivity index (χ2v) is 6.36. The molecule has 0 saturated carbocycles. The molecule has 1 aromatic heterocycles. The maximum absolute atomic E-state index is 12.7. The second kappa shape index (κ2) is 7.06. The predicted octanol–water partition coefficient (Wildman–Crippen LogP) is 1.93. The highest BCUT2D eigenvalue weighted by molar-refractivity contribution is 5.94. The summed E-state index contributed by atoms with van der Waals surface area (Å²) in [4.78, 5) is 24.0. The van der Waals surface area contributed by atoms with Crippen molar-refractivity contribution >= 4 is 11.9 Å². The average Bonchev–Trinajstić information content (AvgIpc) is 2.97. The van der Waals surface area contributed by atoms with Gasteiger partial charge in [0.05, 0.1) is 17.6 Å². The van der Waals surface area contributed by atoms with Gasteiger partial charge in [0, 0.05) is 25.0 Å². The number of para-hydroxylation sites is 1. The van der Waals surface area contributed by atoms with Gasteiger partial charge in [-0.2, -0.15) is 5.10 Å². The first kappa shape index (κ1) is 17.2. The van der Waals surface area contributed by atoms with Crippen LogP contribution in [0.1, 0.15) is 35.3 Å². The first-order chi connectivity index (χ1) is 12.0. The van der Waals surface area contributed by atoms with Crippen molar-refractivity contribution in [1.82, 2.24) is 15.1 Å². The molecular formula is C18H21N3O4. The van der Waals surface area contributed by atoms with Crippen molar-refractivity contribution in [3.05, 3.63) is 47.8 Å². The molecule has 0 unspecified atom stereocenters. The molecule has 2 aromatic rings. The Morgan fingerprint density at radius 2 is 1.96 bits per heavy atom. The third-order valence-corrected chi connectivity index (χ3v) is 4.45. The molecule has 3 rings (SSSR count). The Kier molecular flexibility index (Phi) is 4.85. The van der Waals surface area contributed by atoms with Gasteiger partial charge in [-0.3, -0.25) is 9.59 Å². The molecule has 1 aliphatic heterocycles. The van der Waals surface area contributed by atoms with E-state index in [1.807, 2.05) is 37.3 Å². The topological polar surface area (TPSA) is 93.5 Å². The molecule has 1 saturated heterocycles. The fourth-order valence-electron chi connectivity index (χ4n) is 3.10. The van der Waals surface area contributed by atoms with E-state index in [9.17, 15) is 14.7 Å². The van der Waals surface area contributed by atoms with E-state index >= 15 is 0 Å². The molecule has 1 aliphatic rings. The molecule has 0 radical (unpaired) electrons. The Hall–Kier alpha value is -2.67. The number of nitrogens with one attached hydrogen (secondary N) is 1. The molecule has 2 N–H and O–H groups in total. The van der Waals surface area contributed by atoms with Crippen LogP contribution in [0.2, 0.25) is 0 Å². The lowest BCUT2D eigenvalue weighted by atomic mass is 9.86. The molecule has 1 fully saturated rings. The highest BCUT2D eigenvalue weighted by Gasteiger charge is 2.37. The summed E-state index contributed by atoms with van der Waals surface area (Å²) in [6, 6.07) is 9.51. The van der Waals surface area contributed by atoms with Gasteiger partial charge in [-0.1, -0.05) is 18.2 Å². The summed E-state index contributed by atoms with van der Waals surface area (Å²) in [6.07, 6.45) is 2.62. The normalized spacial score (nSPS) is 16.4. The van der Waals surface area contributed by atoms with Gasteiger partial charge in [0.15, 0.2) is 5.69 Å². The summed E-state index contributed by atoms with van der Waals surface area (Å²) in [5.41, 5.74) is 1.11. The van der Waals surface area contributed by atoms with E-state index in [1.165, 1.54) is 0 Å². The molecule has 0 bridgehead atoms. The van der Waals surface area contributed by atoms with E-state index < -0.39 is 11.5 Å². The monoisotopic (exact) mass is 343 g/mol. The van der Waals surface area contributed by atoms with Crippen molar-refractivity contribution in [1.29, 1.82) is 0 Å². The van der Waals surface area contributed by atoms with Gasteiger partial charge in [-0.15, -0.1) is 0 Å². The molecular weight excluding hydrogens is 322 g/mol. The molecule has 2 heterocycles. The van der Waals surface area contributed by atoms with Crippen LogP contribution < -0.4 is 5.32 Å². The van der Waals surface area contributed by atoms with Crippen LogP contribution in [0.15, 0.2) is 36.5 Å². The van der Waals surface area contributed by atoms with Gasteiger partial charge in [0.1, 0.15) is 0 Å². The van der Waals surface area contributed by atoms with Crippen molar-refractivity contribution in [3.63, 3.8) is 0 Å². The fourth-order valence-corrected chi connectivity index (χ4v) is 3.10. The number of rotatable bonds is 5. The molecule has 0 atom stereocenters.